The standard InChI is InChI=1S/C18H26ClN5O2.C6H15N/c1-2-22-8-7-20-16(13-22)17(25)23-9-11-24(12-10-23)18(26)21-15-5-3-14(19)4-6-15;1-4-7(5-2)6-3/h3-6,16,20H,2,7-13H2,1H3,(H,21,26);4-6H2,1-3H3/t16-;/m1./s1. The molecule has 2 fully saturated rings. The Morgan fingerprint density at radius 1 is 0.970 bits per heavy atom. The van der Waals surface area contributed by atoms with Gasteiger partial charge in [-0.1, -0.05) is 39.3 Å². The zero-order valence-corrected chi connectivity index (χ0v) is 21.4. The van der Waals surface area contributed by atoms with Crippen LogP contribution >= 0.6 is 11.6 Å². The SMILES string of the molecule is CCN(CC)CC.CCN1CCN[C@@H](C(=O)N2CCN(C(=O)Nc3ccc(Cl)cc3)CC2)C1. The number of likely N-dealkylation sites (N-methyl/N-ethyl adjacent to an activating group) is 1. The molecule has 0 bridgehead atoms. The zero-order valence-electron chi connectivity index (χ0n) is 20.6. The van der Waals surface area contributed by atoms with E-state index >= 15 is 0 Å². The van der Waals surface area contributed by atoms with Crippen LogP contribution in [0.15, 0.2) is 24.3 Å². The Labute approximate surface area is 204 Å². The minimum absolute atomic E-state index is 0.140. The molecular formula is C24H41ClN6O2. The third-order valence-corrected chi connectivity index (χ3v) is 6.57. The van der Waals surface area contributed by atoms with Gasteiger partial charge in [0.15, 0.2) is 0 Å². The van der Waals surface area contributed by atoms with Gasteiger partial charge >= 0.3 is 6.03 Å². The van der Waals surface area contributed by atoms with Crippen molar-refractivity contribution >= 4 is 29.2 Å². The van der Waals surface area contributed by atoms with Gasteiger partial charge in [0.25, 0.3) is 0 Å². The summed E-state index contributed by atoms with van der Waals surface area (Å²) in [6, 6.07) is 6.74. The molecule has 1 aromatic carbocycles. The highest BCUT2D eigenvalue weighted by Crippen LogP contribution is 2.15. The van der Waals surface area contributed by atoms with Crippen molar-refractivity contribution in [2.24, 2.45) is 0 Å². The van der Waals surface area contributed by atoms with Crippen LogP contribution in [0.3, 0.4) is 0 Å². The summed E-state index contributed by atoms with van der Waals surface area (Å²) < 4.78 is 0. The summed E-state index contributed by atoms with van der Waals surface area (Å²) in [5.41, 5.74) is 0.712. The number of urea groups is 1. The molecule has 0 aromatic heterocycles. The lowest BCUT2D eigenvalue weighted by Gasteiger charge is -2.39. The summed E-state index contributed by atoms with van der Waals surface area (Å²) in [5.74, 6) is 0.140. The summed E-state index contributed by atoms with van der Waals surface area (Å²) in [6.07, 6.45) is 0. The molecule has 2 aliphatic heterocycles. The molecule has 186 valence electrons. The van der Waals surface area contributed by atoms with Crippen molar-refractivity contribution in [1.29, 1.82) is 0 Å². The molecule has 2 N–H and O–H groups in total. The maximum atomic E-state index is 12.7. The highest BCUT2D eigenvalue weighted by atomic mass is 35.5. The fourth-order valence-electron chi connectivity index (χ4n) is 4.02. The number of amides is 3. The number of benzene rings is 1. The zero-order chi connectivity index (χ0) is 24.2. The van der Waals surface area contributed by atoms with Gasteiger partial charge in [-0.2, -0.15) is 0 Å². The van der Waals surface area contributed by atoms with Crippen molar-refractivity contribution in [3.8, 4) is 0 Å². The average molecular weight is 481 g/mol. The van der Waals surface area contributed by atoms with Crippen LogP contribution in [0, 0.1) is 0 Å². The van der Waals surface area contributed by atoms with Crippen LogP contribution in [0.25, 0.3) is 0 Å². The number of carbonyl (C=O) groups is 2. The lowest BCUT2D eigenvalue weighted by Crippen LogP contribution is -2.60. The van der Waals surface area contributed by atoms with E-state index in [1.807, 2.05) is 4.90 Å². The second-order valence-electron chi connectivity index (χ2n) is 8.27. The summed E-state index contributed by atoms with van der Waals surface area (Å²) in [6.45, 7) is 18.0. The third kappa shape index (κ3) is 8.77. The number of anilines is 1. The second-order valence-corrected chi connectivity index (χ2v) is 8.71. The van der Waals surface area contributed by atoms with Crippen molar-refractivity contribution in [2.45, 2.75) is 33.7 Å². The van der Waals surface area contributed by atoms with E-state index in [0.717, 1.165) is 26.2 Å². The largest absolute Gasteiger partial charge is 0.338 e. The quantitative estimate of drug-likeness (QED) is 0.655. The van der Waals surface area contributed by atoms with Crippen molar-refractivity contribution < 1.29 is 9.59 Å². The highest BCUT2D eigenvalue weighted by molar-refractivity contribution is 6.30. The number of hydrogen-bond acceptors (Lipinski definition) is 5. The first-order valence-electron chi connectivity index (χ1n) is 12.2. The fourth-order valence-corrected chi connectivity index (χ4v) is 4.15. The van der Waals surface area contributed by atoms with E-state index in [2.05, 4.69) is 48.1 Å². The van der Waals surface area contributed by atoms with Crippen LogP contribution in [0.2, 0.25) is 5.02 Å². The smallest absolute Gasteiger partial charge is 0.321 e. The van der Waals surface area contributed by atoms with Crippen LogP contribution in [0.1, 0.15) is 27.7 Å². The number of piperazine rings is 2. The molecule has 8 nitrogen and oxygen atoms in total. The molecule has 2 aliphatic rings. The van der Waals surface area contributed by atoms with Crippen LogP contribution in [0.5, 0.6) is 0 Å². The molecule has 3 rings (SSSR count). The molecule has 33 heavy (non-hydrogen) atoms. The van der Waals surface area contributed by atoms with Crippen molar-refractivity contribution in [1.82, 2.24) is 24.9 Å². The topological polar surface area (TPSA) is 71.2 Å². The van der Waals surface area contributed by atoms with Gasteiger partial charge in [0, 0.05) is 56.5 Å². The van der Waals surface area contributed by atoms with Gasteiger partial charge in [-0.15, -0.1) is 0 Å². The summed E-state index contributed by atoms with van der Waals surface area (Å²) in [5, 5.41) is 6.81. The number of hydrogen-bond donors (Lipinski definition) is 2. The van der Waals surface area contributed by atoms with Crippen LogP contribution < -0.4 is 10.6 Å². The van der Waals surface area contributed by atoms with Crippen LogP contribution in [-0.4, -0.2) is 110 Å². The molecule has 2 saturated heterocycles. The van der Waals surface area contributed by atoms with Crippen molar-refractivity contribution in [3.05, 3.63) is 29.3 Å². The molecule has 0 saturated carbocycles. The van der Waals surface area contributed by atoms with Crippen molar-refractivity contribution in [3.63, 3.8) is 0 Å². The first-order valence-corrected chi connectivity index (χ1v) is 12.6. The van der Waals surface area contributed by atoms with Gasteiger partial charge in [-0.05, 0) is 50.4 Å². The summed E-state index contributed by atoms with van der Waals surface area (Å²) in [4.78, 5) is 33.4. The maximum absolute atomic E-state index is 12.7. The molecule has 1 atom stereocenters. The number of halogens is 1. The molecule has 3 amide bonds. The Hall–Kier alpha value is -1.87. The average Bonchev–Trinajstić information content (AvgIpc) is 2.86. The fraction of sp³-hybridized carbons (Fsp3) is 0.667. The Morgan fingerprint density at radius 3 is 2.06 bits per heavy atom. The van der Waals surface area contributed by atoms with Crippen LogP contribution in [0.4, 0.5) is 10.5 Å². The number of rotatable bonds is 6. The Morgan fingerprint density at radius 2 is 1.55 bits per heavy atom. The minimum Gasteiger partial charge on any atom is -0.338 e. The van der Waals surface area contributed by atoms with Gasteiger partial charge in [0.05, 0.1) is 6.04 Å². The van der Waals surface area contributed by atoms with E-state index < -0.39 is 0 Å². The van der Waals surface area contributed by atoms with Crippen molar-refractivity contribution in [2.75, 3.05) is 77.3 Å². The van der Waals surface area contributed by atoms with E-state index in [1.54, 1.807) is 29.2 Å². The predicted molar refractivity (Wildman–Crippen MR) is 136 cm³/mol. The molecule has 9 heteroatoms. The Balaban J connectivity index is 0.000000479. The van der Waals surface area contributed by atoms with E-state index in [1.165, 1.54) is 19.6 Å². The third-order valence-electron chi connectivity index (χ3n) is 6.32. The number of carbonyl (C=O) groups excluding carboxylic acids is 2. The van der Waals surface area contributed by atoms with Gasteiger partial charge in [-0.25, -0.2) is 4.79 Å². The monoisotopic (exact) mass is 480 g/mol. The molecule has 0 unspecified atom stereocenters. The minimum atomic E-state index is -0.146. The predicted octanol–water partition coefficient (Wildman–Crippen LogP) is 2.66. The summed E-state index contributed by atoms with van der Waals surface area (Å²) >= 11 is 5.86. The van der Waals surface area contributed by atoms with Gasteiger partial charge in [-0.3, -0.25) is 4.79 Å². The first-order chi connectivity index (χ1) is 15.9. The molecule has 1 aromatic rings. The summed E-state index contributed by atoms with van der Waals surface area (Å²) in [7, 11) is 0. The van der Waals surface area contributed by atoms with Gasteiger partial charge < -0.3 is 30.2 Å². The molecule has 0 spiro atoms. The molecular weight excluding hydrogens is 440 g/mol. The van der Waals surface area contributed by atoms with E-state index in [-0.39, 0.29) is 18.0 Å². The van der Waals surface area contributed by atoms with Gasteiger partial charge in [0.2, 0.25) is 5.91 Å². The number of nitrogens with one attached hydrogen (secondary N) is 2. The molecule has 0 aliphatic carbocycles. The van der Waals surface area contributed by atoms with E-state index in [9.17, 15) is 9.59 Å². The highest BCUT2D eigenvalue weighted by Gasteiger charge is 2.31. The Bertz CT molecular complexity index is 715. The molecule has 0 radical (unpaired) electrons. The van der Waals surface area contributed by atoms with E-state index in [0.29, 0.717) is 36.9 Å². The van der Waals surface area contributed by atoms with E-state index in [4.69, 9.17) is 11.6 Å². The number of nitrogens with zero attached hydrogens (tertiary/aromatic N) is 4. The maximum Gasteiger partial charge on any atom is 0.321 e. The van der Waals surface area contributed by atoms with Crippen LogP contribution in [-0.2, 0) is 4.79 Å². The normalized spacial score (nSPS) is 19.2. The second kappa shape index (κ2) is 14.4. The lowest BCUT2D eigenvalue weighted by atomic mass is 10.1. The molecule has 2 heterocycles. The van der Waals surface area contributed by atoms with Gasteiger partial charge in [0.1, 0.15) is 0 Å². The lowest BCUT2D eigenvalue weighted by molar-refractivity contribution is -0.136. The Kier molecular flexibility index (Phi) is 11.9. The first kappa shape index (κ1) is 27.4.